The van der Waals surface area contributed by atoms with Crippen molar-refractivity contribution in [3.05, 3.63) is 17.7 Å². The van der Waals surface area contributed by atoms with E-state index in [1.54, 1.807) is 21.3 Å². The van der Waals surface area contributed by atoms with E-state index in [2.05, 4.69) is 15.5 Å². The van der Waals surface area contributed by atoms with Crippen molar-refractivity contribution in [2.75, 3.05) is 60.7 Å². The normalized spacial score (nSPS) is 14.7. The molecule has 1 aromatic carbocycles. The summed E-state index contributed by atoms with van der Waals surface area (Å²) in [6.45, 7) is 5.85. The number of rotatable bonds is 8. The summed E-state index contributed by atoms with van der Waals surface area (Å²) < 4.78 is 21.4. The van der Waals surface area contributed by atoms with E-state index >= 15 is 0 Å². The number of nitrogens with one attached hydrogen (secondary N) is 2. The number of hydrogen-bond donors (Lipinski definition) is 2. The molecule has 1 saturated heterocycles. The summed E-state index contributed by atoms with van der Waals surface area (Å²) >= 11 is 5.35. The molecule has 0 saturated carbocycles. The van der Waals surface area contributed by atoms with Crippen molar-refractivity contribution >= 4 is 17.3 Å². The van der Waals surface area contributed by atoms with Crippen LogP contribution in [0.4, 0.5) is 0 Å². The summed E-state index contributed by atoms with van der Waals surface area (Å²) in [6, 6.07) is 3.70. The molecular weight excluding hydrogens is 342 g/mol. The Morgan fingerprint density at radius 3 is 2.32 bits per heavy atom. The lowest BCUT2D eigenvalue weighted by Crippen LogP contribution is -2.43. The van der Waals surface area contributed by atoms with Gasteiger partial charge >= 0.3 is 0 Å². The van der Waals surface area contributed by atoms with Crippen LogP contribution in [0.5, 0.6) is 17.2 Å². The molecule has 0 spiro atoms. The fraction of sp³-hybridized carbons (Fsp3) is 0.588. The number of nitrogens with zero attached hydrogens (tertiary/aromatic N) is 1. The van der Waals surface area contributed by atoms with Gasteiger partial charge in [-0.3, -0.25) is 4.90 Å². The van der Waals surface area contributed by atoms with E-state index in [0.29, 0.717) is 23.2 Å². The molecule has 2 rings (SSSR count). The molecule has 0 radical (unpaired) electrons. The fourth-order valence-corrected chi connectivity index (χ4v) is 2.80. The van der Waals surface area contributed by atoms with Crippen LogP contribution in [-0.4, -0.2) is 70.7 Å². The van der Waals surface area contributed by atoms with Crippen molar-refractivity contribution in [3.8, 4) is 17.2 Å². The van der Waals surface area contributed by atoms with Gasteiger partial charge in [0.1, 0.15) is 5.75 Å². The third-order valence-electron chi connectivity index (χ3n) is 4.04. The van der Waals surface area contributed by atoms with Crippen LogP contribution in [0.15, 0.2) is 12.1 Å². The van der Waals surface area contributed by atoms with E-state index in [4.69, 9.17) is 31.2 Å². The minimum atomic E-state index is 0.535. The fourth-order valence-electron chi connectivity index (χ4n) is 2.62. The zero-order valence-corrected chi connectivity index (χ0v) is 15.9. The van der Waals surface area contributed by atoms with Gasteiger partial charge < -0.3 is 29.6 Å². The number of morpholine rings is 1. The van der Waals surface area contributed by atoms with E-state index in [1.807, 2.05) is 12.1 Å². The highest BCUT2D eigenvalue weighted by Gasteiger charge is 2.12. The largest absolute Gasteiger partial charge is 0.496 e. The molecule has 0 unspecified atom stereocenters. The first-order valence-corrected chi connectivity index (χ1v) is 8.69. The van der Waals surface area contributed by atoms with Crippen molar-refractivity contribution in [3.63, 3.8) is 0 Å². The van der Waals surface area contributed by atoms with E-state index < -0.39 is 0 Å². The molecule has 0 bridgehead atoms. The third-order valence-corrected chi connectivity index (χ3v) is 4.33. The van der Waals surface area contributed by atoms with Crippen LogP contribution in [0.3, 0.4) is 0 Å². The zero-order valence-electron chi connectivity index (χ0n) is 15.1. The standard InChI is InChI=1S/C17H27N3O4S/c1-21-14-11-16(23-3)15(22-2)10-13(14)12-19-17(25)18-4-5-20-6-8-24-9-7-20/h10-11H,4-9,12H2,1-3H3,(H2,18,19,25). The Balaban J connectivity index is 1.82. The molecule has 7 nitrogen and oxygen atoms in total. The Labute approximate surface area is 154 Å². The van der Waals surface area contributed by atoms with Crippen LogP contribution in [0.25, 0.3) is 0 Å². The quantitative estimate of drug-likeness (QED) is 0.659. The lowest BCUT2D eigenvalue weighted by Gasteiger charge is -2.26. The van der Waals surface area contributed by atoms with Crippen molar-refractivity contribution in [2.45, 2.75) is 6.54 Å². The molecule has 0 aliphatic carbocycles. The van der Waals surface area contributed by atoms with E-state index in [9.17, 15) is 0 Å². The topological polar surface area (TPSA) is 64.2 Å². The van der Waals surface area contributed by atoms with E-state index in [-0.39, 0.29) is 0 Å². The molecular formula is C17H27N3O4S. The molecule has 25 heavy (non-hydrogen) atoms. The smallest absolute Gasteiger partial charge is 0.166 e. The van der Waals surface area contributed by atoms with Crippen LogP contribution >= 0.6 is 12.2 Å². The van der Waals surface area contributed by atoms with Crippen LogP contribution in [0, 0.1) is 0 Å². The second kappa shape index (κ2) is 10.3. The summed E-state index contributed by atoms with van der Waals surface area (Å²) in [5.41, 5.74) is 0.942. The number of hydrogen-bond acceptors (Lipinski definition) is 6. The van der Waals surface area contributed by atoms with Crippen molar-refractivity contribution in [1.29, 1.82) is 0 Å². The van der Waals surface area contributed by atoms with Crippen molar-refractivity contribution in [1.82, 2.24) is 15.5 Å². The lowest BCUT2D eigenvalue weighted by molar-refractivity contribution is 0.0389. The number of benzene rings is 1. The van der Waals surface area contributed by atoms with Crippen LogP contribution in [0.1, 0.15) is 5.56 Å². The molecule has 1 aliphatic rings. The first-order valence-electron chi connectivity index (χ1n) is 8.28. The van der Waals surface area contributed by atoms with Gasteiger partial charge in [0.2, 0.25) is 0 Å². The van der Waals surface area contributed by atoms with Crippen molar-refractivity contribution < 1.29 is 18.9 Å². The Morgan fingerprint density at radius 1 is 1.04 bits per heavy atom. The molecule has 8 heteroatoms. The minimum Gasteiger partial charge on any atom is -0.496 e. The average Bonchev–Trinajstić information content (AvgIpc) is 2.66. The van der Waals surface area contributed by atoms with Crippen LogP contribution in [-0.2, 0) is 11.3 Å². The van der Waals surface area contributed by atoms with E-state index in [1.165, 1.54) is 0 Å². The molecule has 0 aromatic heterocycles. The molecule has 1 aliphatic heterocycles. The molecule has 1 aromatic rings. The maximum absolute atomic E-state index is 5.42. The van der Waals surface area contributed by atoms with Crippen molar-refractivity contribution in [2.24, 2.45) is 0 Å². The van der Waals surface area contributed by atoms with Gasteiger partial charge in [0, 0.05) is 44.4 Å². The number of thiocarbonyl (C=S) groups is 1. The SMILES string of the molecule is COc1cc(OC)c(OC)cc1CNC(=S)NCCN1CCOCC1. The minimum absolute atomic E-state index is 0.535. The summed E-state index contributed by atoms with van der Waals surface area (Å²) in [5.74, 6) is 2.02. The highest BCUT2D eigenvalue weighted by atomic mass is 32.1. The Bertz CT molecular complexity index is 565. The molecule has 0 atom stereocenters. The molecule has 0 amide bonds. The average molecular weight is 369 g/mol. The molecule has 2 N–H and O–H groups in total. The monoisotopic (exact) mass is 369 g/mol. The first kappa shape index (κ1) is 19.6. The van der Waals surface area contributed by atoms with Gasteiger partial charge in [0.05, 0.1) is 34.5 Å². The molecule has 1 fully saturated rings. The zero-order chi connectivity index (χ0) is 18.1. The van der Waals surface area contributed by atoms with Crippen LogP contribution in [0.2, 0.25) is 0 Å². The summed E-state index contributed by atoms with van der Waals surface area (Å²) in [4.78, 5) is 2.36. The van der Waals surface area contributed by atoms with Gasteiger partial charge in [-0.2, -0.15) is 0 Å². The van der Waals surface area contributed by atoms with Gasteiger partial charge in [0.15, 0.2) is 16.6 Å². The van der Waals surface area contributed by atoms with Gasteiger partial charge in [-0.25, -0.2) is 0 Å². The Kier molecular flexibility index (Phi) is 8.03. The second-order valence-electron chi connectivity index (χ2n) is 5.58. The van der Waals surface area contributed by atoms with Gasteiger partial charge in [-0.15, -0.1) is 0 Å². The summed E-state index contributed by atoms with van der Waals surface area (Å²) in [6.07, 6.45) is 0. The lowest BCUT2D eigenvalue weighted by atomic mass is 10.1. The summed E-state index contributed by atoms with van der Waals surface area (Å²) in [5, 5.41) is 7.05. The number of ether oxygens (including phenoxy) is 4. The Morgan fingerprint density at radius 2 is 1.68 bits per heavy atom. The van der Waals surface area contributed by atoms with Gasteiger partial charge in [-0.1, -0.05) is 0 Å². The third kappa shape index (κ3) is 5.91. The second-order valence-corrected chi connectivity index (χ2v) is 5.99. The maximum Gasteiger partial charge on any atom is 0.166 e. The van der Waals surface area contributed by atoms with E-state index in [0.717, 1.165) is 50.7 Å². The predicted molar refractivity (Wildman–Crippen MR) is 101 cm³/mol. The predicted octanol–water partition coefficient (Wildman–Crippen LogP) is 1.01. The maximum atomic E-state index is 5.42. The highest BCUT2D eigenvalue weighted by Crippen LogP contribution is 2.34. The van der Waals surface area contributed by atoms with Gasteiger partial charge in [0.25, 0.3) is 0 Å². The molecule has 140 valence electrons. The Hall–Kier alpha value is -1.77. The van der Waals surface area contributed by atoms with Gasteiger partial charge in [-0.05, 0) is 18.3 Å². The highest BCUT2D eigenvalue weighted by molar-refractivity contribution is 7.80. The summed E-state index contributed by atoms with van der Waals surface area (Å²) in [7, 11) is 4.84. The van der Waals surface area contributed by atoms with Crippen LogP contribution < -0.4 is 24.8 Å². The first-order chi connectivity index (χ1) is 12.2. The molecule has 1 heterocycles. The number of methoxy groups -OCH3 is 3.